The van der Waals surface area contributed by atoms with Crippen molar-refractivity contribution in [3.63, 3.8) is 0 Å². The lowest BCUT2D eigenvalue weighted by Crippen LogP contribution is -2.07. The number of aromatic hydroxyl groups is 1. The minimum Gasteiger partial charge on any atom is -0.493 e. The second kappa shape index (κ2) is 10.2. The second-order valence-electron chi connectivity index (χ2n) is 6.83. The number of azo groups is 1. The van der Waals surface area contributed by atoms with Gasteiger partial charge in [0.2, 0.25) is 5.88 Å². The van der Waals surface area contributed by atoms with Gasteiger partial charge in [0.05, 0.1) is 10.4 Å². The number of rotatable bonds is 9. The lowest BCUT2D eigenvalue weighted by Gasteiger charge is -2.06. The first-order valence-electron chi connectivity index (χ1n) is 9.73. The second-order valence-corrected chi connectivity index (χ2v) is 7.74. The summed E-state index contributed by atoms with van der Waals surface area (Å²) in [6.45, 7) is 2.35. The van der Waals surface area contributed by atoms with Gasteiger partial charge >= 0.3 is 5.91 Å². The van der Waals surface area contributed by atoms with Crippen LogP contribution in [0, 0.1) is 10.1 Å². The number of carbonyl (C=O) groups excluding carboxylic acids is 1. The van der Waals surface area contributed by atoms with E-state index in [0.717, 1.165) is 29.3 Å². The smallest absolute Gasteiger partial charge is 0.302 e. The van der Waals surface area contributed by atoms with Gasteiger partial charge in [0.15, 0.2) is 12.3 Å². The summed E-state index contributed by atoms with van der Waals surface area (Å²) in [4.78, 5) is 22.3. The molecule has 0 spiro atoms. The van der Waals surface area contributed by atoms with Crippen LogP contribution in [0.3, 0.4) is 0 Å². The van der Waals surface area contributed by atoms with E-state index >= 15 is 0 Å². The minimum absolute atomic E-state index is 0.0444. The van der Waals surface area contributed by atoms with Crippen LogP contribution >= 0.6 is 15.9 Å². The molecular weight excluding hydrogens is 468 g/mol. The molecule has 0 aliphatic carbocycles. The Morgan fingerprint density at radius 3 is 2.65 bits per heavy atom. The third-order valence-electron chi connectivity index (χ3n) is 4.63. The Bertz CT molecular complexity index is 1120. The van der Waals surface area contributed by atoms with Crippen molar-refractivity contribution in [3.05, 3.63) is 57.1 Å². The highest BCUT2D eigenvalue weighted by atomic mass is 79.9. The largest absolute Gasteiger partial charge is 0.493 e. The molecular formula is C21H21BrN4O5. The maximum Gasteiger partial charge on any atom is 0.302 e. The summed E-state index contributed by atoms with van der Waals surface area (Å²) >= 11 is 3.42. The van der Waals surface area contributed by atoms with Crippen LogP contribution in [0.2, 0.25) is 0 Å². The molecule has 0 saturated heterocycles. The summed E-state index contributed by atoms with van der Waals surface area (Å²) in [6, 6.07) is 10.9. The first-order chi connectivity index (χ1) is 14.9. The highest BCUT2D eigenvalue weighted by molar-refractivity contribution is 9.10. The van der Waals surface area contributed by atoms with E-state index < -0.39 is 10.8 Å². The Hall–Kier alpha value is -3.27. The number of hydrogen-bond acceptors (Lipinski definition) is 6. The lowest BCUT2D eigenvalue weighted by atomic mass is 10.2. The number of nitrogens with zero attached hydrogens (tertiary/aromatic N) is 4. The van der Waals surface area contributed by atoms with E-state index in [1.807, 2.05) is 18.2 Å². The van der Waals surface area contributed by atoms with Gasteiger partial charge < -0.3 is 14.4 Å². The molecule has 1 aromatic heterocycles. The monoisotopic (exact) mass is 488 g/mol. The normalized spacial score (nSPS) is 11.3. The van der Waals surface area contributed by atoms with Crippen molar-refractivity contribution in [3.8, 4) is 11.6 Å². The molecule has 9 nitrogen and oxygen atoms in total. The predicted octanol–water partition coefficient (Wildman–Crippen LogP) is 5.90. The van der Waals surface area contributed by atoms with Crippen LogP contribution in [0.4, 0.5) is 11.4 Å². The van der Waals surface area contributed by atoms with Gasteiger partial charge in [0.1, 0.15) is 5.75 Å². The summed E-state index contributed by atoms with van der Waals surface area (Å²) in [5.41, 5.74) is 0.951. The zero-order valence-corrected chi connectivity index (χ0v) is 18.4. The third kappa shape index (κ3) is 5.46. The molecule has 0 aliphatic rings. The average molecular weight is 489 g/mol. The Labute approximate surface area is 186 Å². The van der Waals surface area contributed by atoms with Crippen LogP contribution in [0.5, 0.6) is 11.6 Å². The Balaban J connectivity index is 1.75. The van der Waals surface area contributed by atoms with Crippen LogP contribution in [0.15, 0.2) is 57.2 Å². The number of benzene rings is 2. The molecule has 10 heteroatoms. The molecule has 0 unspecified atom stereocenters. The van der Waals surface area contributed by atoms with E-state index in [1.54, 1.807) is 4.57 Å². The molecule has 162 valence electrons. The Morgan fingerprint density at radius 1 is 1.23 bits per heavy atom. The molecule has 1 heterocycles. The fourth-order valence-corrected chi connectivity index (χ4v) is 3.45. The number of aryl methyl sites for hydroxylation is 1. The van der Waals surface area contributed by atoms with Gasteiger partial charge in [-0.05, 0) is 36.8 Å². The number of ether oxygens (including phenoxy) is 1. The van der Waals surface area contributed by atoms with Crippen molar-refractivity contribution in [2.45, 2.75) is 32.7 Å². The Kier molecular flexibility index (Phi) is 7.35. The number of non-ortho nitro benzene ring substituents is 1. The summed E-state index contributed by atoms with van der Waals surface area (Å²) in [7, 11) is 0. The summed E-state index contributed by atoms with van der Waals surface area (Å²) in [6.07, 6.45) is 2.99. The van der Waals surface area contributed by atoms with Crippen molar-refractivity contribution < 1.29 is 19.6 Å². The van der Waals surface area contributed by atoms with E-state index in [1.165, 1.54) is 24.3 Å². The molecule has 2 aromatic carbocycles. The van der Waals surface area contributed by atoms with Gasteiger partial charge in [0.25, 0.3) is 5.69 Å². The Morgan fingerprint density at radius 2 is 1.97 bits per heavy atom. The minimum atomic E-state index is -0.653. The average Bonchev–Trinajstić information content (AvgIpc) is 3.01. The third-order valence-corrected chi connectivity index (χ3v) is 5.12. The fraction of sp³-hybridized carbons (Fsp3) is 0.286. The number of fused-ring (bicyclic) bond motifs is 1. The van der Waals surface area contributed by atoms with Crippen LogP contribution in [0.25, 0.3) is 10.9 Å². The summed E-state index contributed by atoms with van der Waals surface area (Å²) in [5, 5.41) is 29.7. The van der Waals surface area contributed by atoms with Gasteiger partial charge in [-0.2, -0.15) is 0 Å². The van der Waals surface area contributed by atoms with E-state index in [0.29, 0.717) is 17.7 Å². The number of unbranched alkanes of at least 4 members (excludes halogenated alkanes) is 2. The molecule has 0 radical (unpaired) electrons. The molecule has 0 atom stereocenters. The van der Waals surface area contributed by atoms with Gasteiger partial charge in [-0.25, -0.2) is 0 Å². The van der Waals surface area contributed by atoms with E-state index in [-0.39, 0.29) is 23.9 Å². The van der Waals surface area contributed by atoms with E-state index in [9.17, 15) is 20.0 Å². The maximum atomic E-state index is 12.1. The van der Waals surface area contributed by atoms with Crippen molar-refractivity contribution in [1.82, 2.24) is 4.57 Å². The standard InChI is InChI=1S/C21H21BrN4O5/c1-2-3-4-11-25-18-10-5-14(22)12-17(18)20(21(25)28)24-23-19(27)13-31-16-8-6-15(7-9-16)26(29)30/h5-10,12,28H,2-4,11,13H2,1H3. The van der Waals surface area contributed by atoms with Crippen molar-refractivity contribution in [2.75, 3.05) is 6.61 Å². The highest BCUT2D eigenvalue weighted by Gasteiger charge is 2.17. The molecule has 1 amide bonds. The molecule has 0 aliphatic heterocycles. The molecule has 31 heavy (non-hydrogen) atoms. The zero-order chi connectivity index (χ0) is 22.4. The van der Waals surface area contributed by atoms with Gasteiger partial charge in [-0.3, -0.25) is 14.9 Å². The number of halogens is 1. The number of hydrogen-bond donors (Lipinski definition) is 1. The van der Waals surface area contributed by atoms with Crippen molar-refractivity contribution in [1.29, 1.82) is 0 Å². The van der Waals surface area contributed by atoms with Crippen LogP contribution in [-0.2, 0) is 11.3 Å². The highest BCUT2D eigenvalue weighted by Crippen LogP contribution is 2.40. The van der Waals surface area contributed by atoms with Crippen LogP contribution < -0.4 is 4.74 Å². The molecule has 0 saturated carbocycles. The predicted molar refractivity (Wildman–Crippen MR) is 119 cm³/mol. The van der Waals surface area contributed by atoms with Crippen LogP contribution in [-0.4, -0.2) is 27.1 Å². The molecule has 1 N–H and O–H groups in total. The van der Waals surface area contributed by atoms with E-state index in [4.69, 9.17) is 4.74 Å². The number of nitro benzene ring substituents is 1. The molecule has 0 bridgehead atoms. The summed E-state index contributed by atoms with van der Waals surface area (Å²) in [5.74, 6) is -0.398. The number of aromatic nitrogens is 1. The van der Waals surface area contributed by atoms with Gasteiger partial charge in [-0.1, -0.05) is 35.7 Å². The fourth-order valence-electron chi connectivity index (χ4n) is 3.08. The quantitative estimate of drug-likeness (QED) is 0.174. The van der Waals surface area contributed by atoms with Crippen LogP contribution in [0.1, 0.15) is 26.2 Å². The van der Waals surface area contributed by atoms with Crippen molar-refractivity contribution in [2.24, 2.45) is 10.2 Å². The van der Waals surface area contributed by atoms with E-state index in [2.05, 4.69) is 33.1 Å². The number of nitro groups is 1. The van der Waals surface area contributed by atoms with Gasteiger partial charge in [-0.15, -0.1) is 10.2 Å². The first-order valence-corrected chi connectivity index (χ1v) is 10.5. The number of amides is 1. The zero-order valence-electron chi connectivity index (χ0n) is 16.8. The first kappa shape index (κ1) is 22.4. The number of carbonyl (C=O) groups is 1. The SMILES string of the molecule is CCCCCn1c(O)c(N=NC(=O)COc2ccc([N+](=O)[O-])cc2)c2cc(Br)ccc21. The maximum absolute atomic E-state index is 12.1. The summed E-state index contributed by atoms with van der Waals surface area (Å²) < 4.78 is 7.88. The molecule has 3 aromatic rings. The van der Waals surface area contributed by atoms with Gasteiger partial charge in [0, 0.05) is 28.5 Å². The lowest BCUT2D eigenvalue weighted by molar-refractivity contribution is -0.384. The molecule has 0 fully saturated rings. The molecule has 3 rings (SSSR count). The topological polar surface area (TPSA) is 119 Å². The van der Waals surface area contributed by atoms with Crippen molar-refractivity contribution >= 4 is 44.1 Å².